The normalized spacial score (nSPS) is 16.1. The number of alkyl halides is 3. The van der Waals surface area contributed by atoms with Crippen LogP contribution < -0.4 is 5.32 Å². The molecule has 0 aliphatic heterocycles. The van der Waals surface area contributed by atoms with Crippen molar-refractivity contribution in [3.05, 3.63) is 71.3 Å². The number of para-hydroxylation sites is 1. The van der Waals surface area contributed by atoms with Crippen LogP contribution in [0.2, 0.25) is 0 Å². The smallest absolute Gasteiger partial charge is 0.358 e. The first-order valence-corrected chi connectivity index (χ1v) is 11.9. The maximum absolute atomic E-state index is 13.3. The van der Waals surface area contributed by atoms with E-state index in [4.69, 9.17) is 0 Å². The summed E-state index contributed by atoms with van der Waals surface area (Å²) in [5, 5.41) is 9.24. The molecule has 7 nitrogen and oxygen atoms in total. The average Bonchev–Trinajstić information content (AvgIpc) is 3.45. The number of nitrogens with one attached hydrogen (secondary N) is 2. The van der Waals surface area contributed by atoms with Crippen LogP contribution in [0.25, 0.3) is 27.9 Å². The number of aromatic nitrogens is 6. The minimum Gasteiger partial charge on any atom is -0.358 e. The lowest BCUT2D eigenvalue weighted by atomic mass is 9.91. The zero-order valence-corrected chi connectivity index (χ0v) is 19.8. The van der Waals surface area contributed by atoms with E-state index < -0.39 is 11.7 Å². The van der Waals surface area contributed by atoms with Gasteiger partial charge in [0, 0.05) is 46.2 Å². The van der Waals surface area contributed by atoms with E-state index in [1.807, 2.05) is 26.0 Å². The molecule has 0 radical (unpaired) electrons. The number of anilines is 1. The summed E-state index contributed by atoms with van der Waals surface area (Å²) in [6.45, 7) is 4.05. The first-order valence-electron chi connectivity index (χ1n) is 11.9. The molecule has 0 spiro atoms. The van der Waals surface area contributed by atoms with Gasteiger partial charge in [0.05, 0.1) is 11.8 Å². The van der Waals surface area contributed by atoms with Gasteiger partial charge in [0.25, 0.3) is 0 Å². The monoisotopic (exact) mass is 491 g/mol. The first kappa shape index (κ1) is 22.5. The van der Waals surface area contributed by atoms with Crippen molar-refractivity contribution < 1.29 is 13.2 Å². The Morgan fingerprint density at radius 1 is 1.11 bits per heavy atom. The summed E-state index contributed by atoms with van der Waals surface area (Å²) >= 11 is 0. The van der Waals surface area contributed by atoms with Crippen molar-refractivity contribution in [1.82, 2.24) is 29.5 Å². The van der Waals surface area contributed by atoms with Crippen LogP contribution in [-0.2, 0) is 19.0 Å². The van der Waals surface area contributed by atoms with Gasteiger partial charge in [-0.15, -0.1) is 0 Å². The number of hydrogen-bond donors (Lipinski definition) is 2. The van der Waals surface area contributed by atoms with Crippen LogP contribution in [0.15, 0.2) is 48.9 Å². The average molecular weight is 492 g/mol. The zero-order chi connectivity index (χ0) is 25.0. The molecule has 4 heterocycles. The van der Waals surface area contributed by atoms with Crippen molar-refractivity contribution in [3.8, 4) is 11.4 Å². The van der Waals surface area contributed by atoms with Gasteiger partial charge in [-0.05, 0) is 42.9 Å². The Hall–Kier alpha value is -3.95. The molecular weight excluding hydrogens is 467 g/mol. The molecule has 1 atom stereocenters. The van der Waals surface area contributed by atoms with Gasteiger partial charge in [-0.25, -0.2) is 4.98 Å². The molecule has 36 heavy (non-hydrogen) atoms. The van der Waals surface area contributed by atoms with E-state index in [1.165, 1.54) is 22.8 Å². The molecule has 0 bridgehead atoms. The van der Waals surface area contributed by atoms with Gasteiger partial charge in [0.2, 0.25) is 5.95 Å². The third-order valence-electron chi connectivity index (χ3n) is 6.77. The van der Waals surface area contributed by atoms with Gasteiger partial charge in [0.15, 0.2) is 11.5 Å². The summed E-state index contributed by atoms with van der Waals surface area (Å²) in [5.74, 6) is 0.753. The van der Waals surface area contributed by atoms with Crippen molar-refractivity contribution in [3.63, 3.8) is 0 Å². The fourth-order valence-electron chi connectivity index (χ4n) is 4.92. The van der Waals surface area contributed by atoms with Gasteiger partial charge >= 0.3 is 6.18 Å². The van der Waals surface area contributed by atoms with Crippen molar-refractivity contribution in [2.75, 3.05) is 5.32 Å². The molecule has 1 aromatic carbocycles. The van der Waals surface area contributed by atoms with Gasteiger partial charge in [0.1, 0.15) is 0 Å². The molecule has 184 valence electrons. The van der Waals surface area contributed by atoms with Crippen molar-refractivity contribution in [1.29, 1.82) is 0 Å². The Kier molecular flexibility index (Phi) is 5.20. The maximum atomic E-state index is 13.3. The van der Waals surface area contributed by atoms with Crippen LogP contribution in [-0.4, -0.2) is 35.6 Å². The zero-order valence-electron chi connectivity index (χ0n) is 19.8. The van der Waals surface area contributed by atoms with E-state index in [-0.39, 0.29) is 23.3 Å². The molecule has 6 rings (SSSR count). The standard InChI is InChI=1S/C26H24F3N7/c1-14(2)20-13-31-36-24(20)34-23(15-9-16(12-30-11-15)26(27,28)29)35-25(36)32-17-7-8-22-19(10-17)18-5-3-4-6-21(18)33-22/h3-6,9,11-14,17,33H,7-8,10H2,1-2H3,(H,32,34,35)/t17-/m1/s1. The van der Waals surface area contributed by atoms with Gasteiger partial charge in [-0.3, -0.25) is 4.98 Å². The molecule has 0 saturated carbocycles. The fraction of sp³-hybridized carbons (Fsp3) is 0.308. The Morgan fingerprint density at radius 2 is 1.94 bits per heavy atom. The molecule has 1 aliphatic rings. The highest BCUT2D eigenvalue weighted by Gasteiger charge is 2.31. The van der Waals surface area contributed by atoms with Gasteiger partial charge in [-0.1, -0.05) is 32.0 Å². The second-order valence-corrected chi connectivity index (χ2v) is 9.53. The molecule has 4 aromatic heterocycles. The predicted molar refractivity (Wildman–Crippen MR) is 131 cm³/mol. The first-order chi connectivity index (χ1) is 17.3. The second-order valence-electron chi connectivity index (χ2n) is 9.53. The molecule has 0 fully saturated rings. The summed E-state index contributed by atoms with van der Waals surface area (Å²) in [7, 11) is 0. The number of rotatable bonds is 4. The number of H-pyrrole nitrogens is 1. The third-order valence-corrected chi connectivity index (χ3v) is 6.77. The number of fused-ring (bicyclic) bond motifs is 4. The van der Waals surface area contributed by atoms with Crippen LogP contribution in [0, 0.1) is 0 Å². The Morgan fingerprint density at radius 3 is 2.75 bits per heavy atom. The van der Waals surface area contributed by atoms with E-state index in [2.05, 4.69) is 42.5 Å². The maximum Gasteiger partial charge on any atom is 0.417 e. The van der Waals surface area contributed by atoms with Crippen LogP contribution in [0.3, 0.4) is 0 Å². The van der Waals surface area contributed by atoms with E-state index in [0.29, 0.717) is 11.6 Å². The number of hydrogen-bond acceptors (Lipinski definition) is 5. The molecule has 0 saturated heterocycles. The van der Waals surface area contributed by atoms with Crippen LogP contribution >= 0.6 is 0 Å². The summed E-state index contributed by atoms with van der Waals surface area (Å²) in [4.78, 5) is 16.6. The molecule has 10 heteroatoms. The van der Waals surface area contributed by atoms with Crippen LogP contribution in [0.1, 0.15) is 48.6 Å². The number of pyridine rings is 1. The third kappa shape index (κ3) is 3.86. The van der Waals surface area contributed by atoms with Crippen molar-refractivity contribution >= 4 is 22.5 Å². The summed E-state index contributed by atoms with van der Waals surface area (Å²) < 4.78 is 41.7. The molecule has 1 aliphatic carbocycles. The minimum atomic E-state index is -4.51. The molecule has 5 aromatic rings. The van der Waals surface area contributed by atoms with E-state index in [1.54, 1.807) is 10.7 Å². The Balaban J connectivity index is 1.41. The summed E-state index contributed by atoms with van der Waals surface area (Å²) in [6.07, 6.45) is 1.96. The summed E-state index contributed by atoms with van der Waals surface area (Å²) in [5.41, 5.74) is 4.48. The molecule has 2 N–H and O–H groups in total. The lowest BCUT2D eigenvalue weighted by Crippen LogP contribution is -2.29. The SMILES string of the molecule is CC(C)c1cnn2c(N[C@@H]3CCc4[nH]c5ccccc5c4C3)nc(-c3cncc(C(F)(F)F)c3)nc12. The lowest BCUT2D eigenvalue weighted by molar-refractivity contribution is -0.137. The highest BCUT2D eigenvalue weighted by atomic mass is 19.4. The number of nitrogens with zero attached hydrogens (tertiary/aromatic N) is 5. The molecule has 0 unspecified atom stereocenters. The van der Waals surface area contributed by atoms with E-state index in [0.717, 1.165) is 42.6 Å². The predicted octanol–water partition coefficient (Wildman–Crippen LogP) is 5.78. The Bertz CT molecular complexity index is 1580. The highest BCUT2D eigenvalue weighted by Crippen LogP contribution is 2.33. The topological polar surface area (TPSA) is 83.8 Å². The van der Waals surface area contributed by atoms with E-state index in [9.17, 15) is 13.2 Å². The molecular formula is C26H24F3N7. The molecule has 0 amide bonds. The minimum absolute atomic E-state index is 0.0778. The van der Waals surface area contributed by atoms with E-state index >= 15 is 0 Å². The van der Waals surface area contributed by atoms with Crippen LogP contribution in [0.5, 0.6) is 0 Å². The quantitative estimate of drug-likeness (QED) is 0.333. The van der Waals surface area contributed by atoms with Crippen LogP contribution in [0.4, 0.5) is 19.1 Å². The number of aromatic amines is 1. The highest BCUT2D eigenvalue weighted by molar-refractivity contribution is 5.85. The number of benzene rings is 1. The fourth-order valence-corrected chi connectivity index (χ4v) is 4.92. The second kappa shape index (κ2) is 8.32. The largest absolute Gasteiger partial charge is 0.417 e. The van der Waals surface area contributed by atoms with Gasteiger partial charge < -0.3 is 10.3 Å². The number of halogens is 3. The lowest BCUT2D eigenvalue weighted by Gasteiger charge is -2.24. The summed E-state index contributed by atoms with van der Waals surface area (Å²) in [6, 6.07) is 9.37. The number of aryl methyl sites for hydroxylation is 1. The Labute approximate surface area is 204 Å². The van der Waals surface area contributed by atoms with Crippen molar-refractivity contribution in [2.45, 2.75) is 51.2 Å². The van der Waals surface area contributed by atoms with Crippen molar-refractivity contribution in [2.24, 2.45) is 0 Å². The van der Waals surface area contributed by atoms with Gasteiger partial charge in [-0.2, -0.15) is 27.8 Å².